The Morgan fingerprint density at radius 3 is 2.75 bits per heavy atom. The highest BCUT2D eigenvalue weighted by Gasteiger charge is 2.22. The summed E-state index contributed by atoms with van der Waals surface area (Å²) in [5, 5.41) is 7.02. The molecule has 2 N–H and O–H groups in total. The second-order valence-corrected chi connectivity index (χ2v) is 7.93. The summed E-state index contributed by atoms with van der Waals surface area (Å²) in [7, 11) is 1.87. The number of halogens is 1. The standard InChI is InChI=1S/C23H36N4.HI/c1-24-23(25-15-12-20-8-4-2-5-9-20)26-18-22-14-17-27(19-22)16-13-21-10-6-3-7-11-21;/h3,6-8,10-11,22H,2,4-5,9,12-19H2,1H3,(H2,24,25,26);1H. The maximum absolute atomic E-state index is 4.39. The SMILES string of the molecule is CN=C(NCCC1=CCCCC1)NCC1CCN(CCc2ccccc2)C1.I. The van der Waals surface area contributed by atoms with Gasteiger partial charge in [0.25, 0.3) is 0 Å². The van der Waals surface area contributed by atoms with Crippen LogP contribution in [-0.2, 0) is 6.42 Å². The number of guanidine groups is 1. The molecule has 1 atom stereocenters. The van der Waals surface area contributed by atoms with E-state index in [1.165, 1.54) is 57.3 Å². The molecule has 1 unspecified atom stereocenters. The summed E-state index contributed by atoms with van der Waals surface area (Å²) < 4.78 is 0. The van der Waals surface area contributed by atoms with Crippen molar-refractivity contribution in [3.63, 3.8) is 0 Å². The third kappa shape index (κ3) is 8.11. The molecule has 3 rings (SSSR count). The number of hydrogen-bond acceptors (Lipinski definition) is 2. The van der Waals surface area contributed by atoms with Gasteiger partial charge in [-0.1, -0.05) is 42.0 Å². The van der Waals surface area contributed by atoms with Crippen molar-refractivity contribution in [3.05, 3.63) is 47.5 Å². The fraction of sp³-hybridized carbons (Fsp3) is 0.609. The first-order chi connectivity index (χ1) is 13.3. The van der Waals surface area contributed by atoms with Crippen LogP contribution in [0.1, 0.15) is 44.1 Å². The molecule has 4 nitrogen and oxygen atoms in total. The minimum atomic E-state index is 0. The van der Waals surface area contributed by atoms with Gasteiger partial charge in [0.05, 0.1) is 0 Å². The van der Waals surface area contributed by atoms with Crippen molar-refractivity contribution in [2.75, 3.05) is 39.8 Å². The molecular formula is C23H37IN4. The topological polar surface area (TPSA) is 39.7 Å². The monoisotopic (exact) mass is 496 g/mol. The summed E-state index contributed by atoms with van der Waals surface area (Å²) in [6.07, 6.45) is 11.3. The van der Waals surface area contributed by atoms with E-state index >= 15 is 0 Å². The normalized spacial score (nSPS) is 20.4. The number of allylic oxidation sites excluding steroid dienone is 1. The van der Waals surface area contributed by atoms with Crippen LogP contribution in [0.2, 0.25) is 0 Å². The average molecular weight is 496 g/mol. The van der Waals surface area contributed by atoms with E-state index in [4.69, 9.17) is 0 Å². The number of aliphatic imine (C=N–C) groups is 1. The van der Waals surface area contributed by atoms with Crippen LogP contribution in [0.15, 0.2) is 47.0 Å². The molecule has 0 bridgehead atoms. The highest BCUT2D eigenvalue weighted by Crippen LogP contribution is 2.19. The Labute approximate surface area is 188 Å². The minimum Gasteiger partial charge on any atom is -0.356 e. The predicted molar refractivity (Wildman–Crippen MR) is 131 cm³/mol. The Kier molecular flexibility index (Phi) is 10.9. The molecule has 0 amide bonds. The van der Waals surface area contributed by atoms with E-state index in [1.807, 2.05) is 7.05 Å². The molecule has 5 heteroatoms. The number of nitrogens with zero attached hydrogens (tertiary/aromatic N) is 2. The first kappa shape index (κ1) is 23.2. The van der Waals surface area contributed by atoms with Crippen molar-refractivity contribution in [3.8, 4) is 0 Å². The van der Waals surface area contributed by atoms with Gasteiger partial charge in [-0.2, -0.15) is 0 Å². The van der Waals surface area contributed by atoms with Crippen LogP contribution >= 0.6 is 24.0 Å². The van der Waals surface area contributed by atoms with Gasteiger partial charge in [0.1, 0.15) is 0 Å². The van der Waals surface area contributed by atoms with E-state index < -0.39 is 0 Å². The lowest BCUT2D eigenvalue weighted by Gasteiger charge is -2.18. The molecule has 1 heterocycles. The van der Waals surface area contributed by atoms with Crippen molar-refractivity contribution >= 4 is 29.9 Å². The average Bonchev–Trinajstić information content (AvgIpc) is 3.18. The zero-order valence-corrected chi connectivity index (χ0v) is 19.7. The van der Waals surface area contributed by atoms with Crippen LogP contribution in [0.5, 0.6) is 0 Å². The van der Waals surface area contributed by atoms with Crippen molar-refractivity contribution in [2.24, 2.45) is 10.9 Å². The van der Waals surface area contributed by atoms with Gasteiger partial charge in [0.2, 0.25) is 0 Å². The summed E-state index contributed by atoms with van der Waals surface area (Å²) in [5.41, 5.74) is 3.06. The minimum absolute atomic E-state index is 0. The molecular weight excluding hydrogens is 459 g/mol. The van der Waals surface area contributed by atoms with Crippen LogP contribution in [0.3, 0.4) is 0 Å². The molecule has 1 aliphatic heterocycles. The maximum Gasteiger partial charge on any atom is 0.190 e. The second kappa shape index (κ2) is 13.2. The first-order valence-electron chi connectivity index (χ1n) is 10.7. The van der Waals surface area contributed by atoms with Gasteiger partial charge in [-0.05, 0) is 63.0 Å². The van der Waals surface area contributed by atoms with Crippen LogP contribution in [0.25, 0.3) is 0 Å². The van der Waals surface area contributed by atoms with Crippen LogP contribution in [-0.4, -0.2) is 50.6 Å². The van der Waals surface area contributed by atoms with Gasteiger partial charge in [-0.3, -0.25) is 4.99 Å². The molecule has 1 aromatic rings. The van der Waals surface area contributed by atoms with E-state index in [0.29, 0.717) is 0 Å². The zero-order chi connectivity index (χ0) is 18.7. The first-order valence-corrected chi connectivity index (χ1v) is 10.7. The Morgan fingerprint density at radius 2 is 2.00 bits per heavy atom. The lowest BCUT2D eigenvalue weighted by molar-refractivity contribution is 0.328. The van der Waals surface area contributed by atoms with Gasteiger partial charge in [-0.15, -0.1) is 24.0 Å². The highest BCUT2D eigenvalue weighted by molar-refractivity contribution is 14.0. The summed E-state index contributed by atoms with van der Waals surface area (Å²) in [4.78, 5) is 6.99. The van der Waals surface area contributed by atoms with Crippen molar-refractivity contribution in [2.45, 2.75) is 44.9 Å². The van der Waals surface area contributed by atoms with Gasteiger partial charge >= 0.3 is 0 Å². The largest absolute Gasteiger partial charge is 0.356 e. The number of rotatable bonds is 8. The predicted octanol–water partition coefficient (Wildman–Crippen LogP) is 4.22. The number of nitrogens with one attached hydrogen (secondary N) is 2. The molecule has 0 spiro atoms. The lowest BCUT2D eigenvalue weighted by Crippen LogP contribution is -2.40. The maximum atomic E-state index is 4.39. The van der Waals surface area contributed by atoms with Crippen LogP contribution in [0, 0.1) is 5.92 Å². The summed E-state index contributed by atoms with van der Waals surface area (Å²) in [5.74, 6) is 1.68. The Bertz CT molecular complexity index is 614. The van der Waals surface area contributed by atoms with E-state index in [9.17, 15) is 0 Å². The van der Waals surface area contributed by atoms with E-state index in [2.05, 4.69) is 56.9 Å². The molecule has 0 aromatic heterocycles. The van der Waals surface area contributed by atoms with E-state index in [1.54, 1.807) is 5.57 Å². The number of benzene rings is 1. The van der Waals surface area contributed by atoms with Crippen molar-refractivity contribution in [1.82, 2.24) is 15.5 Å². The Hall–Kier alpha value is -1.08. The molecule has 0 saturated carbocycles. The molecule has 0 radical (unpaired) electrons. The van der Waals surface area contributed by atoms with E-state index in [-0.39, 0.29) is 24.0 Å². The lowest BCUT2D eigenvalue weighted by atomic mass is 9.97. The van der Waals surface area contributed by atoms with Gasteiger partial charge in [-0.25, -0.2) is 0 Å². The molecule has 1 aromatic carbocycles. The van der Waals surface area contributed by atoms with E-state index in [0.717, 1.165) is 37.8 Å². The van der Waals surface area contributed by atoms with Gasteiger partial charge in [0, 0.05) is 33.2 Å². The highest BCUT2D eigenvalue weighted by atomic mass is 127. The van der Waals surface area contributed by atoms with Gasteiger partial charge < -0.3 is 15.5 Å². The summed E-state index contributed by atoms with van der Waals surface area (Å²) in [6.45, 7) is 5.59. The molecule has 2 aliphatic rings. The Balaban J connectivity index is 0.00000280. The van der Waals surface area contributed by atoms with Gasteiger partial charge in [0.15, 0.2) is 5.96 Å². The van der Waals surface area contributed by atoms with Crippen molar-refractivity contribution in [1.29, 1.82) is 0 Å². The molecule has 1 saturated heterocycles. The second-order valence-electron chi connectivity index (χ2n) is 7.93. The molecule has 156 valence electrons. The molecule has 28 heavy (non-hydrogen) atoms. The van der Waals surface area contributed by atoms with Crippen LogP contribution < -0.4 is 10.6 Å². The quantitative estimate of drug-likeness (QED) is 0.245. The van der Waals surface area contributed by atoms with Crippen LogP contribution in [0.4, 0.5) is 0 Å². The summed E-state index contributed by atoms with van der Waals surface area (Å²) >= 11 is 0. The summed E-state index contributed by atoms with van der Waals surface area (Å²) in [6, 6.07) is 10.8. The molecule has 1 aliphatic carbocycles. The smallest absolute Gasteiger partial charge is 0.190 e. The molecule has 1 fully saturated rings. The van der Waals surface area contributed by atoms with Crippen molar-refractivity contribution < 1.29 is 0 Å². The fourth-order valence-electron chi connectivity index (χ4n) is 4.15. The zero-order valence-electron chi connectivity index (χ0n) is 17.3. The Morgan fingerprint density at radius 1 is 1.14 bits per heavy atom. The third-order valence-electron chi connectivity index (χ3n) is 5.83. The number of likely N-dealkylation sites (tertiary alicyclic amines) is 1. The third-order valence-corrected chi connectivity index (χ3v) is 5.83. The fourth-order valence-corrected chi connectivity index (χ4v) is 4.15. The number of hydrogen-bond donors (Lipinski definition) is 2.